The quantitative estimate of drug-likeness (QED) is 0.734. The fraction of sp³-hybridized carbons (Fsp3) is 0.294. The summed E-state index contributed by atoms with van der Waals surface area (Å²) in [6.07, 6.45) is 3.13. The number of unbranched alkanes of at least 4 members (excludes halogenated alkanes) is 1. The fourth-order valence-corrected chi connectivity index (χ4v) is 4.22. The molecule has 2 aromatic rings. The van der Waals surface area contributed by atoms with Crippen molar-refractivity contribution in [1.82, 2.24) is 4.72 Å². The Morgan fingerprint density at radius 1 is 0.880 bits per heavy atom. The van der Waals surface area contributed by atoms with Crippen molar-refractivity contribution < 1.29 is 16.8 Å². The third kappa shape index (κ3) is 5.04. The molecule has 0 saturated heterocycles. The average Bonchev–Trinajstić information content (AvgIpc) is 2.61. The van der Waals surface area contributed by atoms with Gasteiger partial charge in [0.15, 0.2) is 0 Å². The molecule has 8 heteroatoms. The molecule has 0 unspecified atom stereocenters. The molecule has 0 aliphatic heterocycles. The van der Waals surface area contributed by atoms with Crippen LogP contribution < -0.4 is 9.44 Å². The molecule has 0 aromatic heterocycles. The lowest BCUT2D eigenvalue weighted by molar-refractivity contribution is 0.588. The van der Waals surface area contributed by atoms with Crippen molar-refractivity contribution in [3.8, 4) is 0 Å². The second kappa shape index (κ2) is 7.99. The Bertz CT molecular complexity index is 921. The minimum atomic E-state index is -3.88. The summed E-state index contributed by atoms with van der Waals surface area (Å²) in [5.74, 6) is 0. The number of hydrogen-bond donors (Lipinski definition) is 2. The van der Waals surface area contributed by atoms with E-state index in [1.54, 1.807) is 12.1 Å². The van der Waals surface area contributed by atoms with E-state index in [1.165, 1.54) is 25.2 Å². The van der Waals surface area contributed by atoms with Crippen molar-refractivity contribution in [2.75, 3.05) is 11.8 Å². The number of hydrogen-bond acceptors (Lipinski definition) is 4. The van der Waals surface area contributed by atoms with Crippen molar-refractivity contribution in [1.29, 1.82) is 0 Å². The summed E-state index contributed by atoms with van der Waals surface area (Å²) < 4.78 is 53.3. The highest BCUT2D eigenvalue weighted by Crippen LogP contribution is 2.20. The van der Waals surface area contributed by atoms with Gasteiger partial charge < -0.3 is 0 Å². The fourth-order valence-electron chi connectivity index (χ4n) is 2.26. The lowest BCUT2D eigenvalue weighted by atomic mass is 10.1. The van der Waals surface area contributed by atoms with Crippen molar-refractivity contribution in [2.45, 2.75) is 36.0 Å². The second-order valence-electron chi connectivity index (χ2n) is 5.59. The van der Waals surface area contributed by atoms with E-state index in [0.29, 0.717) is 5.69 Å². The summed E-state index contributed by atoms with van der Waals surface area (Å²) in [4.78, 5) is -0.216. The molecule has 6 nitrogen and oxygen atoms in total. The Kier molecular flexibility index (Phi) is 6.21. The van der Waals surface area contributed by atoms with Crippen LogP contribution in [-0.4, -0.2) is 23.9 Å². The summed E-state index contributed by atoms with van der Waals surface area (Å²) in [7, 11) is -6.31. The maximum Gasteiger partial charge on any atom is 0.261 e. The van der Waals surface area contributed by atoms with E-state index < -0.39 is 20.0 Å². The van der Waals surface area contributed by atoms with Gasteiger partial charge in [-0.05, 0) is 55.8 Å². The number of benzene rings is 2. The van der Waals surface area contributed by atoms with Gasteiger partial charge in [0.2, 0.25) is 10.0 Å². The molecule has 0 aliphatic carbocycles. The smallest absolute Gasteiger partial charge is 0.261 e. The van der Waals surface area contributed by atoms with Crippen LogP contribution in [0.1, 0.15) is 25.3 Å². The molecule has 0 bridgehead atoms. The molecule has 0 aliphatic rings. The Morgan fingerprint density at radius 3 is 2.04 bits per heavy atom. The predicted molar refractivity (Wildman–Crippen MR) is 98.6 cm³/mol. The molecule has 2 rings (SSSR count). The molecule has 2 N–H and O–H groups in total. The number of anilines is 1. The molecule has 0 saturated carbocycles. The van der Waals surface area contributed by atoms with Gasteiger partial charge in [0.1, 0.15) is 0 Å². The largest absolute Gasteiger partial charge is 0.280 e. The zero-order valence-corrected chi connectivity index (χ0v) is 15.8. The highest BCUT2D eigenvalue weighted by Gasteiger charge is 2.18. The van der Waals surface area contributed by atoms with E-state index in [0.717, 1.165) is 30.9 Å². The molecular formula is C17H22N2O4S2. The van der Waals surface area contributed by atoms with Crippen LogP contribution >= 0.6 is 0 Å². The van der Waals surface area contributed by atoms with Gasteiger partial charge >= 0.3 is 0 Å². The zero-order chi connectivity index (χ0) is 18.5. The van der Waals surface area contributed by atoms with Crippen LogP contribution in [0.15, 0.2) is 58.3 Å². The maximum absolute atomic E-state index is 12.5. The first kappa shape index (κ1) is 19.4. The minimum absolute atomic E-state index is 0.104. The predicted octanol–water partition coefficient (Wildman–Crippen LogP) is 2.74. The van der Waals surface area contributed by atoms with Crippen LogP contribution in [0.3, 0.4) is 0 Å². The van der Waals surface area contributed by atoms with Gasteiger partial charge in [0.25, 0.3) is 10.0 Å². The number of aryl methyl sites for hydroxylation is 1. The summed E-state index contributed by atoms with van der Waals surface area (Å²) in [5.41, 5.74) is 1.58. The number of nitrogens with one attached hydrogen (secondary N) is 2. The van der Waals surface area contributed by atoms with E-state index in [4.69, 9.17) is 0 Å². The van der Waals surface area contributed by atoms with Gasteiger partial charge in [-0.1, -0.05) is 31.5 Å². The van der Waals surface area contributed by atoms with Gasteiger partial charge in [-0.3, -0.25) is 4.72 Å². The third-order valence-electron chi connectivity index (χ3n) is 3.72. The Labute approximate surface area is 149 Å². The van der Waals surface area contributed by atoms with Gasteiger partial charge in [-0.25, -0.2) is 21.6 Å². The molecule has 25 heavy (non-hydrogen) atoms. The van der Waals surface area contributed by atoms with Crippen molar-refractivity contribution in [3.05, 3.63) is 54.1 Å². The van der Waals surface area contributed by atoms with Crippen LogP contribution in [-0.2, 0) is 26.5 Å². The second-order valence-corrected chi connectivity index (χ2v) is 9.16. The topological polar surface area (TPSA) is 92.3 Å². The van der Waals surface area contributed by atoms with Gasteiger partial charge in [0.05, 0.1) is 9.79 Å². The lowest BCUT2D eigenvalue weighted by Crippen LogP contribution is -2.19. The standard InChI is InChI=1S/C17H22N2O4S2/c1-3-4-6-14-9-11-15(12-10-14)19-25(22,23)17-8-5-7-16(13-17)24(20,21)18-2/h5,7-13,18-19H,3-4,6H2,1-2H3. The van der Waals surface area contributed by atoms with E-state index in [-0.39, 0.29) is 9.79 Å². The highest BCUT2D eigenvalue weighted by atomic mass is 32.2. The Morgan fingerprint density at radius 2 is 1.48 bits per heavy atom. The Hall–Kier alpha value is -1.90. The molecule has 0 fully saturated rings. The zero-order valence-electron chi connectivity index (χ0n) is 14.2. The van der Waals surface area contributed by atoms with E-state index in [2.05, 4.69) is 16.4 Å². The van der Waals surface area contributed by atoms with E-state index in [9.17, 15) is 16.8 Å². The van der Waals surface area contributed by atoms with E-state index in [1.807, 2.05) is 12.1 Å². The molecule has 0 spiro atoms. The van der Waals surface area contributed by atoms with Gasteiger partial charge in [-0.2, -0.15) is 0 Å². The summed E-state index contributed by atoms with van der Waals surface area (Å²) in [6.45, 7) is 2.12. The van der Waals surface area contributed by atoms with Gasteiger partial charge in [0, 0.05) is 5.69 Å². The van der Waals surface area contributed by atoms with Crippen molar-refractivity contribution in [2.24, 2.45) is 0 Å². The molecular weight excluding hydrogens is 360 g/mol. The van der Waals surface area contributed by atoms with Crippen LogP contribution in [0.4, 0.5) is 5.69 Å². The molecule has 0 amide bonds. The number of sulfonamides is 2. The molecule has 2 aromatic carbocycles. The molecule has 0 heterocycles. The van der Waals surface area contributed by atoms with E-state index >= 15 is 0 Å². The third-order valence-corrected chi connectivity index (χ3v) is 6.51. The van der Waals surface area contributed by atoms with Crippen LogP contribution in [0.2, 0.25) is 0 Å². The first-order valence-electron chi connectivity index (χ1n) is 7.94. The summed E-state index contributed by atoms with van der Waals surface area (Å²) in [5, 5.41) is 0. The van der Waals surface area contributed by atoms with Gasteiger partial charge in [-0.15, -0.1) is 0 Å². The normalized spacial score (nSPS) is 12.1. The lowest BCUT2D eigenvalue weighted by Gasteiger charge is -2.10. The number of rotatable bonds is 8. The maximum atomic E-state index is 12.5. The highest BCUT2D eigenvalue weighted by molar-refractivity contribution is 7.93. The first-order chi connectivity index (χ1) is 11.8. The van der Waals surface area contributed by atoms with Crippen LogP contribution in [0, 0.1) is 0 Å². The van der Waals surface area contributed by atoms with Crippen LogP contribution in [0.5, 0.6) is 0 Å². The van der Waals surface area contributed by atoms with Crippen LogP contribution in [0.25, 0.3) is 0 Å². The monoisotopic (exact) mass is 382 g/mol. The summed E-state index contributed by atoms with van der Waals surface area (Å²) in [6, 6.07) is 12.4. The molecule has 0 radical (unpaired) electrons. The van der Waals surface area contributed by atoms with Crippen molar-refractivity contribution in [3.63, 3.8) is 0 Å². The van der Waals surface area contributed by atoms with Crippen molar-refractivity contribution >= 4 is 25.7 Å². The summed E-state index contributed by atoms with van der Waals surface area (Å²) >= 11 is 0. The molecule has 136 valence electrons. The molecule has 0 atom stereocenters. The SMILES string of the molecule is CCCCc1ccc(NS(=O)(=O)c2cccc(S(=O)(=O)NC)c2)cc1. The Balaban J connectivity index is 2.23. The first-order valence-corrected chi connectivity index (χ1v) is 10.9. The average molecular weight is 383 g/mol. The minimum Gasteiger partial charge on any atom is -0.280 e.